The van der Waals surface area contributed by atoms with Crippen molar-refractivity contribution in [2.75, 3.05) is 5.32 Å². The lowest BCUT2D eigenvalue weighted by Crippen LogP contribution is -2.18. The number of carbonyl (C=O) groups is 1. The molecule has 0 bridgehead atoms. The predicted octanol–water partition coefficient (Wildman–Crippen LogP) is 4.11. The topological polar surface area (TPSA) is 42.0 Å². The summed E-state index contributed by atoms with van der Waals surface area (Å²) in [6.45, 7) is 0. The van der Waals surface area contributed by atoms with E-state index in [0.29, 0.717) is 16.6 Å². The molecule has 0 spiro atoms. The molecule has 8 heteroatoms. The first-order valence-electron chi connectivity index (χ1n) is 7.04. The lowest BCUT2D eigenvalue weighted by atomic mass is 10.1. The summed E-state index contributed by atoms with van der Waals surface area (Å²) < 4.78 is 66.7. The van der Waals surface area contributed by atoms with Gasteiger partial charge in [0.15, 0.2) is 23.3 Å². The van der Waals surface area contributed by atoms with Crippen LogP contribution in [0.3, 0.4) is 0 Å². The second-order valence-electron chi connectivity index (χ2n) is 5.15. The van der Waals surface area contributed by atoms with Crippen molar-refractivity contribution >= 4 is 22.5 Å². The third kappa shape index (κ3) is 3.02. The Balaban J connectivity index is 1.91. The molecule has 25 heavy (non-hydrogen) atoms. The molecule has 2 aromatic carbocycles. The molecule has 0 unspecified atom stereocenters. The number of hydrogen-bond acceptors (Lipinski definition) is 2. The zero-order chi connectivity index (χ0) is 18.1. The molecule has 0 radical (unpaired) electrons. The SMILES string of the molecule is O=C(Cc1c(F)c(F)c(F)c(F)c1F)Nc1cccc2ncccc12. The number of nitrogens with zero attached hydrogens (tertiary/aromatic N) is 1. The number of aromatic nitrogens is 1. The molecule has 0 fully saturated rings. The maximum atomic E-state index is 13.6. The number of hydrogen-bond donors (Lipinski definition) is 1. The summed E-state index contributed by atoms with van der Waals surface area (Å²) >= 11 is 0. The Morgan fingerprint density at radius 2 is 1.52 bits per heavy atom. The molecular weight excluding hydrogens is 343 g/mol. The van der Waals surface area contributed by atoms with Crippen LogP contribution in [0.2, 0.25) is 0 Å². The third-order valence-corrected chi connectivity index (χ3v) is 3.56. The van der Waals surface area contributed by atoms with Crippen molar-refractivity contribution in [2.24, 2.45) is 0 Å². The van der Waals surface area contributed by atoms with E-state index in [0.717, 1.165) is 0 Å². The van der Waals surface area contributed by atoms with Crippen molar-refractivity contribution in [3.8, 4) is 0 Å². The molecule has 0 aliphatic heterocycles. The molecule has 0 atom stereocenters. The van der Waals surface area contributed by atoms with Crippen molar-refractivity contribution in [1.29, 1.82) is 0 Å². The quantitative estimate of drug-likeness (QED) is 0.438. The molecule has 1 amide bonds. The number of halogens is 5. The van der Waals surface area contributed by atoms with Gasteiger partial charge in [-0.2, -0.15) is 0 Å². The summed E-state index contributed by atoms with van der Waals surface area (Å²) in [5, 5.41) is 2.96. The van der Waals surface area contributed by atoms with Gasteiger partial charge in [-0.3, -0.25) is 9.78 Å². The molecule has 0 aliphatic carbocycles. The Morgan fingerprint density at radius 1 is 0.880 bits per heavy atom. The summed E-state index contributed by atoms with van der Waals surface area (Å²) in [5.74, 6) is -11.4. The highest BCUT2D eigenvalue weighted by Crippen LogP contribution is 2.25. The van der Waals surface area contributed by atoms with Gasteiger partial charge in [0.25, 0.3) is 0 Å². The number of amides is 1. The third-order valence-electron chi connectivity index (χ3n) is 3.56. The van der Waals surface area contributed by atoms with E-state index in [1.807, 2.05) is 0 Å². The van der Waals surface area contributed by atoms with Crippen molar-refractivity contribution in [3.05, 3.63) is 71.2 Å². The van der Waals surface area contributed by atoms with E-state index in [1.54, 1.807) is 30.5 Å². The Bertz CT molecular complexity index is 956. The first-order valence-corrected chi connectivity index (χ1v) is 7.04. The molecule has 0 saturated heterocycles. The van der Waals surface area contributed by atoms with Crippen molar-refractivity contribution < 1.29 is 26.7 Å². The largest absolute Gasteiger partial charge is 0.325 e. The van der Waals surface area contributed by atoms with Crippen LogP contribution in [0.15, 0.2) is 36.5 Å². The highest BCUT2D eigenvalue weighted by molar-refractivity contribution is 6.01. The Kier molecular flexibility index (Phi) is 4.35. The second kappa shape index (κ2) is 6.46. The zero-order valence-corrected chi connectivity index (χ0v) is 12.4. The van der Waals surface area contributed by atoms with Crippen LogP contribution in [-0.4, -0.2) is 10.9 Å². The second-order valence-corrected chi connectivity index (χ2v) is 5.15. The summed E-state index contributed by atoms with van der Waals surface area (Å²) in [4.78, 5) is 16.1. The first kappa shape index (κ1) is 16.8. The number of anilines is 1. The fourth-order valence-corrected chi connectivity index (χ4v) is 2.37. The van der Waals surface area contributed by atoms with E-state index in [2.05, 4.69) is 10.3 Å². The minimum atomic E-state index is -2.26. The normalized spacial score (nSPS) is 10.9. The fourth-order valence-electron chi connectivity index (χ4n) is 2.37. The minimum absolute atomic E-state index is 0.305. The van der Waals surface area contributed by atoms with Gasteiger partial charge in [0.05, 0.1) is 17.6 Å². The van der Waals surface area contributed by atoms with Gasteiger partial charge in [0.1, 0.15) is 0 Å². The van der Waals surface area contributed by atoms with Gasteiger partial charge in [-0.15, -0.1) is 0 Å². The van der Waals surface area contributed by atoms with Crippen LogP contribution in [0.5, 0.6) is 0 Å². The molecule has 1 aromatic heterocycles. The standard InChI is InChI=1S/C17H9F5N2O/c18-13-9(14(19)16(21)17(22)15(13)20)7-12(25)24-11-5-1-4-10-8(11)3-2-6-23-10/h1-6H,7H2,(H,24,25). The molecule has 128 valence electrons. The van der Waals surface area contributed by atoms with E-state index >= 15 is 0 Å². The van der Waals surface area contributed by atoms with Gasteiger partial charge in [0, 0.05) is 17.1 Å². The minimum Gasteiger partial charge on any atom is -0.325 e. The van der Waals surface area contributed by atoms with Gasteiger partial charge in [-0.05, 0) is 24.3 Å². The van der Waals surface area contributed by atoms with Crippen LogP contribution in [0.1, 0.15) is 5.56 Å². The van der Waals surface area contributed by atoms with Crippen molar-refractivity contribution in [1.82, 2.24) is 4.98 Å². The molecule has 0 aliphatic rings. The monoisotopic (exact) mass is 352 g/mol. The molecule has 0 saturated carbocycles. The lowest BCUT2D eigenvalue weighted by molar-refractivity contribution is -0.115. The number of pyridine rings is 1. The first-order chi connectivity index (χ1) is 11.9. The van der Waals surface area contributed by atoms with Crippen LogP contribution in [0.25, 0.3) is 10.9 Å². The number of benzene rings is 2. The molecule has 3 aromatic rings. The lowest BCUT2D eigenvalue weighted by Gasteiger charge is -2.10. The maximum Gasteiger partial charge on any atom is 0.229 e. The van der Waals surface area contributed by atoms with E-state index in [4.69, 9.17) is 0 Å². The summed E-state index contributed by atoms with van der Waals surface area (Å²) in [7, 11) is 0. The van der Waals surface area contributed by atoms with E-state index in [1.165, 1.54) is 6.07 Å². The predicted molar refractivity (Wildman–Crippen MR) is 80.3 cm³/mol. The average Bonchev–Trinajstić information content (AvgIpc) is 2.62. The van der Waals surface area contributed by atoms with E-state index in [9.17, 15) is 26.7 Å². The highest BCUT2D eigenvalue weighted by Gasteiger charge is 2.26. The van der Waals surface area contributed by atoms with Crippen LogP contribution < -0.4 is 5.32 Å². The number of carbonyl (C=O) groups excluding carboxylic acids is 1. The Hall–Kier alpha value is -3.03. The molecular formula is C17H9F5N2O. The van der Waals surface area contributed by atoms with E-state index in [-0.39, 0.29) is 0 Å². The number of nitrogens with one attached hydrogen (secondary N) is 1. The molecule has 1 heterocycles. The summed E-state index contributed by atoms with van der Waals surface area (Å²) in [6.07, 6.45) is 0.533. The highest BCUT2D eigenvalue weighted by atomic mass is 19.2. The molecule has 3 nitrogen and oxygen atoms in total. The van der Waals surface area contributed by atoms with Crippen molar-refractivity contribution in [3.63, 3.8) is 0 Å². The van der Waals surface area contributed by atoms with E-state index < -0.39 is 47.0 Å². The Morgan fingerprint density at radius 3 is 2.20 bits per heavy atom. The van der Waals surface area contributed by atoms with Crippen LogP contribution in [-0.2, 0) is 11.2 Å². The van der Waals surface area contributed by atoms with Crippen LogP contribution in [0, 0.1) is 29.1 Å². The van der Waals surface area contributed by atoms with Gasteiger partial charge < -0.3 is 5.32 Å². The zero-order valence-electron chi connectivity index (χ0n) is 12.4. The summed E-state index contributed by atoms with van der Waals surface area (Å²) in [5.41, 5.74) is -0.316. The van der Waals surface area contributed by atoms with Gasteiger partial charge in [-0.25, -0.2) is 22.0 Å². The van der Waals surface area contributed by atoms with Crippen molar-refractivity contribution in [2.45, 2.75) is 6.42 Å². The number of rotatable bonds is 3. The fraction of sp³-hybridized carbons (Fsp3) is 0.0588. The molecule has 3 rings (SSSR count). The van der Waals surface area contributed by atoms with Crippen LogP contribution >= 0.6 is 0 Å². The Labute approximate surface area is 138 Å². The smallest absolute Gasteiger partial charge is 0.229 e. The summed E-state index contributed by atoms with van der Waals surface area (Å²) in [6, 6.07) is 8.11. The van der Waals surface area contributed by atoms with Gasteiger partial charge >= 0.3 is 0 Å². The maximum absolute atomic E-state index is 13.6. The average molecular weight is 352 g/mol. The molecule has 1 N–H and O–H groups in total. The van der Waals surface area contributed by atoms with Crippen LogP contribution in [0.4, 0.5) is 27.6 Å². The van der Waals surface area contributed by atoms with Gasteiger partial charge in [-0.1, -0.05) is 6.07 Å². The van der Waals surface area contributed by atoms with Gasteiger partial charge in [0.2, 0.25) is 11.7 Å². The number of fused-ring (bicyclic) bond motifs is 1.